The first-order valence-corrected chi connectivity index (χ1v) is 9.91. The van der Waals surface area contributed by atoms with E-state index in [-0.39, 0.29) is 11.3 Å². The Morgan fingerprint density at radius 3 is 2.73 bits per heavy atom. The molecule has 0 bridgehead atoms. The fourth-order valence-corrected chi connectivity index (χ4v) is 4.50. The van der Waals surface area contributed by atoms with Crippen LogP contribution in [0.3, 0.4) is 0 Å². The maximum absolute atomic E-state index is 12.5. The second-order valence-electron chi connectivity index (χ2n) is 6.86. The largest absolute Gasteiger partial charge is 0.486 e. The van der Waals surface area contributed by atoms with E-state index in [2.05, 4.69) is 22.4 Å². The van der Waals surface area contributed by atoms with Crippen LogP contribution < -0.4 is 20.5 Å². The molecule has 0 radical (unpaired) electrons. The first-order valence-electron chi connectivity index (χ1n) is 9.03. The summed E-state index contributed by atoms with van der Waals surface area (Å²) in [6.07, 6.45) is 4.44. The van der Waals surface area contributed by atoms with E-state index < -0.39 is 0 Å². The SMILES string of the molecule is NCc1nc(C(=O)NCC2(c3ccc4c(c3)OCCO4)CCCC2)cs1. The van der Waals surface area contributed by atoms with Crippen LogP contribution in [0.5, 0.6) is 11.5 Å². The van der Waals surface area contributed by atoms with Crippen molar-refractivity contribution in [3.05, 3.63) is 39.8 Å². The van der Waals surface area contributed by atoms with E-state index in [4.69, 9.17) is 15.2 Å². The Hall–Kier alpha value is -2.12. The molecule has 1 saturated carbocycles. The van der Waals surface area contributed by atoms with Crippen molar-refractivity contribution in [3.63, 3.8) is 0 Å². The van der Waals surface area contributed by atoms with Crippen LogP contribution in [-0.4, -0.2) is 30.6 Å². The predicted molar refractivity (Wildman–Crippen MR) is 99.9 cm³/mol. The lowest BCUT2D eigenvalue weighted by Gasteiger charge is -2.31. The Labute approximate surface area is 156 Å². The van der Waals surface area contributed by atoms with Crippen LogP contribution in [-0.2, 0) is 12.0 Å². The van der Waals surface area contributed by atoms with Gasteiger partial charge in [-0.2, -0.15) is 0 Å². The molecule has 2 aliphatic rings. The molecular weight excluding hydrogens is 350 g/mol. The van der Waals surface area contributed by atoms with Crippen LogP contribution in [0.15, 0.2) is 23.6 Å². The minimum atomic E-state index is -0.134. The second-order valence-corrected chi connectivity index (χ2v) is 7.80. The summed E-state index contributed by atoms with van der Waals surface area (Å²) in [6, 6.07) is 6.18. The number of nitrogens with one attached hydrogen (secondary N) is 1. The zero-order valence-electron chi connectivity index (χ0n) is 14.6. The van der Waals surface area contributed by atoms with E-state index in [1.165, 1.54) is 29.7 Å². The first-order chi connectivity index (χ1) is 12.7. The molecule has 6 nitrogen and oxygen atoms in total. The van der Waals surface area contributed by atoms with Gasteiger partial charge in [-0.25, -0.2) is 4.98 Å². The van der Waals surface area contributed by atoms with Gasteiger partial charge in [-0.15, -0.1) is 11.3 Å². The summed E-state index contributed by atoms with van der Waals surface area (Å²) >= 11 is 1.42. The fourth-order valence-electron chi connectivity index (χ4n) is 3.84. The monoisotopic (exact) mass is 373 g/mol. The van der Waals surface area contributed by atoms with Crippen molar-refractivity contribution in [2.75, 3.05) is 19.8 Å². The lowest BCUT2D eigenvalue weighted by atomic mass is 9.78. The van der Waals surface area contributed by atoms with Crippen molar-refractivity contribution in [2.24, 2.45) is 5.73 Å². The van der Waals surface area contributed by atoms with E-state index in [0.29, 0.717) is 32.0 Å². The molecular formula is C19H23N3O3S. The molecule has 1 aromatic heterocycles. The second kappa shape index (κ2) is 7.25. The van der Waals surface area contributed by atoms with Crippen molar-refractivity contribution in [3.8, 4) is 11.5 Å². The average molecular weight is 373 g/mol. The Balaban J connectivity index is 1.52. The highest BCUT2D eigenvalue weighted by Crippen LogP contribution is 2.43. The standard InChI is InChI=1S/C19H23N3O3S/c20-10-17-22-14(11-26-17)18(23)21-12-19(5-1-2-6-19)13-3-4-15-16(9-13)25-8-7-24-15/h3-4,9,11H,1-2,5-8,10,12,20H2,(H,21,23). The molecule has 138 valence electrons. The third-order valence-corrected chi connectivity index (χ3v) is 6.13. The number of nitrogens with zero attached hydrogens (tertiary/aromatic N) is 1. The molecule has 26 heavy (non-hydrogen) atoms. The molecule has 0 saturated heterocycles. The number of amides is 1. The van der Waals surface area contributed by atoms with Gasteiger partial charge >= 0.3 is 0 Å². The molecule has 0 atom stereocenters. The first kappa shape index (κ1) is 17.3. The van der Waals surface area contributed by atoms with Crippen LogP contribution >= 0.6 is 11.3 Å². The Bertz CT molecular complexity index is 799. The van der Waals surface area contributed by atoms with Gasteiger partial charge in [-0.1, -0.05) is 18.9 Å². The Morgan fingerprint density at radius 1 is 1.23 bits per heavy atom. The smallest absolute Gasteiger partial charge is 0.270 e. The van der Waals surface area contributed by atoms with Crippen LogP contribution in [0.2, 0.25) is 0 Å². The number of hydrogen-bond donors (Lipinski definition) is 2. The number of rotatable bonds is 5. The molecule has 2 aromatic rings. The minimum absolute atomic E-state index is 0.0573. The summed E-state index contributed by atoms with van der Waals surface area (Å²) in [4.78, 5) is 16.8. The lowest BCUT2D eigenvalue weighted by Crippen LogP contribution is -2.39. The number of fused-ring (bicyclic) bond motifs is 1. The fraction of sp³-hybridized carbons (Fsp3) is 0.474. The summed E-state index contributed by atoms with van der Waals surface area (Å²) < 4.78 is 11.4. The van der Waals surface area contributed by atoms with Crippen molar-refractivity contribution < 1.29 is 14.3 Å². The van der Waals surface area contributed by atoms with Crippen LogP contribution in [0, 0.1) is 0 Å². The van der Waals surface area contributed by atoms with E-state index in [1.807, 2.05) is 6.07 Å². The topological polar surface area (TPSA) is 86.5 Å². The average Bonchev–Trinajstić information content (AvgIpc) is 3.36. The highest BCUT2D eigenvalue weighted by molar-refractivity contribution is 7.09. The molecule has 7 heteroatoms. The maximum atomic E-state index is 12.5. The highest BCUT2D eigenvalue weighted by atomic mass is 32.1. The molecule has 4 rings (SSSR count). The third kappa shape index (κ3) is 3.29. The maximum Gasteiger partial charge on any atom is 0.270 e. The molecule has 1 aromatic carbocycles. The molecule has 0 spiro atoms. The minimum Gasteiger partial charge on any atom is -0.486 e. The third-order valence-electron chi connectivity index (χ3n) is 5.26. The summed E-state index contributed by atoms with van der Waals surface area (Å²) in [6.45, 7) is 2.12. The van der Waals surface area contributed by atoms with Gasteiger partial charge in [0.15, 0.2) is 11.5 Å². The molecule has 2 heterocycles. The number of carbonyl (C=O) groups is 1. The quantitative estimate of drug-likeness (QED) is 0.841. The van der Waals surface area contributed by atoms with Crippen molar-refractivity contribution in [1.29, 1.82) is 0 Å². The number of hydrogen-bond acceptors (Lipinski definition) is 6. The van der Waals surface area contributed by atoms with Gasteiger partial charge in [-0.3, -0.25) is 4.79 Å². The van der Waals surface area contributed by atoms with Crippen LogP contribution in [0.25, 0.3) is 0 Å². The van der Waals surface area contributed by atoms with Gasteiger partial charge in [0, 0.05) is 23.9 Å². The van der Waals surface area contributed by atoms with Gasteiger partial charge in [0.2, 0.25) is 0 Å². The van der Waals surface area contributed by atoms with Gasteiger partial charge in [0.05, 0.1) is 0 Å². The predicted octanol–water partition coefficient (Wildman–Crippen LogP) is 2.61. The number of nitrogens with two attached hydrogens (primary N) is 1. The van der Waals surface area contributed by atoms with E-state index in [9.17, 15) is 4.79 Å². The Morgan fingerprint density at radius 2 is 2.00 bits per heavy atom. The number of carbonyl (C=O) groups excluding carboxylic acids is 1. The summed E-state index contributed by atoms with van der Waals surface area (Å²) in [7, 11) is 0. The molecule has 3 N–H and O–H groups in total. The molecule has 1 amide bonds. The van der Waals surface area contributed by atoms with E-state index in [1.54, 1.807) is 5.38 Å². The lowest BCUT2D eigenvalue weighted by molar-refractivity contribution is 0.0938. The Kier molecular flexibility index (Phi) is 4.82. The van der Waals surface area contributed by atoms with Gasteiger partial charge in [0.1, 0.15) is 23.9 Å². The van der Waals surface area contributed by atoms with E-state index in [0.717, 1.165) is 29.3 Å². The van der Waals surface area contributed by atoms with Crippen molar-refractivity contribution in [1.82, 2.24) is 10.3 Å². The van der Waals surface area contributed by atoms with Gasteiger partial charge in [-0.05, 0) is 30.5 Å². The molecule has 1 fully saturated rings. The number of aromatic nitrogens is 1. The summed E-state index contributed by atoms with van der Waals surface area (Å²) in [5, 5.41) is 5.63. The van der Waals surface area contributed by atoms with E-state index >= 15 is 0 Å². The van der Waals surface area contributed by atoms with Gasteiger partial charge < -0.3 is 20.5 Å². The number of ether oxygens (including phenoxy) is 2. The summed E-state index contributed by atoms with van der Waals surface area (Å²) in [5.74, 6) is 1.47. The van der Waals surface area contributed by atoms with Gasteiger partial charge in [0.25, 0.3) is 5.91 Å². The normalized spacial score (nSPS) is 17.9. The van der Waals surface area contributed by atoms with Crippen LogP contribution in [0.4, 0.5) is 0 Å². The zero-order chi connectivity index (χ0) is 18.0. The van der Waals surface area contributed by atoms with Crippen molar-refractivity contribution >= 4 is 17.2 Å². The van der Waals surface area contributed by atoms with Crippen molar-refractivity contribution in [2.45, 2.75) is 37.6 Å². The molecule has 1 aliphatic heterocycles. The molecule has 1 aliphatic carbocycles. The summed E-state index contributed by atoms with van der Waals surface area (Å²) in [5.41, 5.74) is 7.18. The molecule has 0 unspecified atom stereocenters. The van der Waals surface area contributed by atoms with Crippen LogP contribution in [0.1, 0.15) is 46.7 Å². The number of thiazole rings is 1. The zero-order valence-corrected chi connectivity index (χ0v) is 15.4. The number of benzene rings is 1. The highest BCUT2D eigenvalue weighted by Gasteiger charge is 2.37.